The van der Waals surface area contributed by atoms with Gasteiger partial charge in [-0.25, -0.2) is 0 Å². The zero-order valence-corrected chi connectivity index (χ0v) is 12.4. The van der Waals surface area contributed by atoms with Gasteiger partial charge < -0.3 is 10.0 Å². The van der Waals surface area contributed by atoms with Crippen LogP contribution in [0.3, 0.4) is 0 Å². The zero-order valence-electron chi connectivity index (χ0n) is 10.7. The maximum absolute atomic E-state index is 9.85. The number of aromatic hydroxyl groups is 1. The monoisotopic (exact) mass is 295 g/mol. The highest BCUT2D eigenvalue weighted by Crippen LogP contribution is 2.32. The van der Waals surface area contributed by atoms with Gasteiger partial charge in [0.25, 0.3) is 0 Å². The summed E-state index contributed by atoms with van der Waals surface area (Å²) in [5.41, 5.74) is 1.31. The van der Waals surface area contributed by atoms with Gasteiger partial charge in [0.2, 0.25) is 10.3 Å². The molecule has 1 heterocycles. The van der Waals surface area contributed by atoms with Crippen molar-refractivity contribution < 1.29 is 5.11 Å². The molecule has 0 saturated heterocycles. The number of hydrogen-bond donors (Lipinski definition) is 1. The quantitative estimate of drug-likeness (QED) is 0.690. The van der Waals surface area contributed by atoms with Gasteiger partial charge in [0.1, 0.15) is 11.4 Å². The molecule has 0 bridgehead atoms. The summed E-state index contributed by atoms with van der Waals surface area (Å²) >= 11 is 2.63. The second kappa shape index (κ2) is 5.98. The summed E-state index contributed by atoms with van der Waals surface area (Å²) in [7, 11) is 3.81. The summed E-state index contributed by atoms with van der Waals surface area (Å²) in [5.74, 6) is 0.0876. The summed E-state index contributed by atoms with van der Waals surface area (Å²) < 4.78 is 4.08. The molecule has 19 heavy (non-hydrogen) atoms. The van der Waals surface area contributed by atoms with Crippen LogP contribution in [0.2, 0.25) is 0 Å². The average Bonchev–Trinajstić information content (AvgIpc) is 2.85. The van der Waals surface area contributed by atoms with Gasteiger partial charge in [0.05, 0.1) is 0 Å². The smallest absolute Gasteiger partial charge is 0.250 e. The fraction of sp³-hybridized carbons (Fsp3) is 0.273. The van der Waals surface area contributed by atoms with Crippen LogP contribution in [0.5, 0.6) is 5.75 Å². The van der Waals surface area contributed by atoms with Crippen molar-refractivity contribution in [3.05, 3.63) is 18.2 Å². The Hall–Kier alpha value is -1.67. The van der Waals surface area contributed by atoms with Gasteiger partial charge in [-0.2, -0.15) is 9.36 Å². The Labute approximate surface area is 119 Å². The van der Waals surface area contributed by atoms with Gasteiger partial charge in [0, 0.05) is 37.4 Å². The largest absolute Gasteiger partial charge is 0.506 e. The molecule has 0 atom stereocenters. The lowest BCUT2D eigenvalue weighted by Crippen LogP contribution is -2.07. The lowest BCUT2D eigenvalue weighted by Gasteiger charge is -2.12. The molecule has 1 N–H and O–H groups in total. The molecule has 0 unspecified atom stereocenters. The first-order valence-electron chi connectivity index (χ1n) is 5.40. The van der Waals surface area contributed by atoms with Crippen LogP contribution >= 0.6 is 23.3 Å². The van der Waals surface area contributed by atoms with E-state index < -0.39 is 0 Å². The van der Waals surface area contributed by atoms with Crippen LogP contribution in [-0.2, 0) is 0 Å². The maximum Gasteiger partial charge on any atom is 0.250 e. The third kappa shape index (κ3) is 3.42. The molecule has 0 radical (unpaired) electrons. The lowest BCUT2D eigenvalue weighted by molar-refractivity contribution is 0.476. The molecule has 0 spiro atoms. The van der Waals surface area contributed by atoms with Gasteiger partial charge >= 0.3 is 0 Å². The van der Waals surface area contributed by atoms with E-state index in [1.165, 1.54) is 23.3 Å². The molecule has 2 rings (SSSR count). The third-order valence-electron chi connectivity index (χ3n) is 2.30. The molecule has 0 aliphatic carbocycles. The maximum atomic E-state index is 9.85. The van der Waals surface area contributed by atoms with Crippen LogP contribution in [0.15, 0.2) is 33.6 Å². The fourth-order valence-corrected chi connectivity index (χ4v) is 2.35. The molecular weight excluding hydrogens is 282 g/mol. The zero-order chi connectivity index (χ0) is 13.8. The minimum atomic E-state index is 0.0876. The Morgan fingerprint density at radius 3 is 2.68 bits per heavy atom. The van der Waals surface area contributed by atoms with E-state index in [4.69, 9.17) is 0 Å². The van der Waals surface area contributed by atoms with Crippen molar-refractivity contribution >= 4 is 39.8 Å². The Balaban J connectivity index is 2.18. The summed E-state index contributed by atoms with van der Waals surface area (Å²) in [5, 5.41) is 18.9. The number of rotatable bonds is 4. The SMILES string of the molecule is CSc1nsc(/N=N/c2ccc(N(C)C)cc2O)n1. The predicted molar refractivity (Wildman–Crippen MR) is 78.3 cm³/mol. The summed E-state index contributed by atoms with van der Waals surface area (Å²) in [6.45, 7) is 0. The Morgan fingerprint density at radius 1 is 1.32 bits per heavy atom. The van der Waals surface area contributed by atoms with E-state index in [0.717, 1.165) is 5.69 Å². The minimum Gasteiger partial charge on any atom is -0.506 e. The van der Waals surface area contributed by atoms with Crippen LogP contribution in [0, 0.1) is 0 Å². The van der Waals surface area contributed by atoms with Crippen LogP contribution in [0.1, 0.15) is 0 Å². The number of thioether (sulfide) groups is 1. The van der Waals surface area contributed by atoms with Gasteiger partial charge in [-0.15, -0.1) is 10.2 Å². The van der Waals surface area contributed by atoms with Crippen LogP contribution < -0.4 is 4.90 Å². The summed E-state index contributed by atoms with van der Waals surface area (Å²) in [4.78, 5) is 6.04. The van der Waals surface area contributed by atoms with Crippen molar-refractivity contribution in [2.75, 3.05) is 25.3 Å². The van der Waals surface area contributed by atoms with Crippen molar-refractivity contribution in [2.24, 2.45) is 10.2 Å². The van der Waals surface area contributed by atoms with Crippen LogP contribution in [0.4, 0.5) is 16.5 Å². The number of hydrogen-bond acceptors (Lipinski definition) is 8. The van der Waals surface area contributed by atoms with Gasteiger partial charge in [-0.05, 0) is 18.4 Å². The molecule has 0 amide bonds. The van der Waals surface area contributed by atoms with E-state index in [1.807, 2.05) is 31.3 Å². The van der Waals surface area contributed by atoms with E-state index in [1.54, 1.807) is 12.1 Å². The van der Waals surface area contributed by atoms with E-state index in [2.05, 4.69) is 19.6 Å². The van der Waals surface area contributed by atoms with E-state index >= 15 is 0 Å². The number of azo groups is 1. The molecule has 1 aromatic carbocycles. The van der Waals surface area contributed by atoms with Gasteiger partial charge in [-0.3, -0.25) is 0 Å². The standard InChI is InChI=1S/C11H13N5OS2/c1-16(2)7-4-5-8(9(17)6-7)13-14-10-12-11(18-3)15-19-10/h4-6,17H,1-3H3/b14-13+. The highest BCUT2D eigenvalue weighted by atomic mass is 32.2. The highest BCUT2D eigenvalue weighted by Gasteiger charge is 2.04. The Bertz CT molecular complexity index is 597. The molecule has 2 aromatic rings. The molecule has 6 nitrogen and oxygen atoms in total. The number of phenolic OH excluding ortho intramolecular Hbond substituents is 1. The Morgan fingerprint density at radius 2 is 2.11 bits per heavy atom. The molecule has 0 aliphatic rings. The second-order valence-electron chi connectivity index (χ2n) is 3.83. The molecule has 100 valence electrons. The van der Waals surface area contributed by atoms with Gasteiger partial charge in [-0.1, -0.05) is 11.8 Å². The number of phenols is 1. The fourth-order valence-electron chi connectivity index (χ4n) is 1.30. The molecular formula is C11H13N5OS2. The minimum absolute atomic E-state index is 0.0876. The van der Waals surface area contributed by atoms with E-state index in [0.29, 0.717) is 16.0 Å². The van der Waals surface area contributed by atoms with Crippen LogP contribution in [-0.4, -0.2) is 34.8 Å². The summed E-state index contributed by atoms with van der Waals surface area (Å²) in [6.07, 6.45) is 1.90. The molecule has 0 fully saturated rings. The lowest BCUT2D eigenvalue weighted by atomic mass is 10.2. The number of benzene rings is 1. The first-order chi connectivity index (χ1) is 9.10. The number of nitrogens with zero attached hydrogens (tertiary/aromatic N) is 5. The van der Waals surface area contributed by atoms with Crippen molar-refractivity contribution in [3.63, 3.8) is 0 Å². The van der Waals surface area contributed by atoms with Crippen molar-refractivity contribution in [1.29, 1.82) is 0 Å². The second-order valence-corrected chi connectivity index (χ2v) is 5.33. The van der Waals surface area contributed by atoms with Crippen molar-refractivity contribution in [1.82, 2.24) is 9.36 Å². The van der Waals surface area contributed by atoms with Gasteiger partial charge in [0.15, 0.2) is 0 Å². The number of anilines is 1. The van der Waals surface area contributed by atoms with Crippen molar-refractivity contribution in [2.45, 2.75) is 5.16 Å². The predicted octanol–water partition coefficient (Wildman–Crippen LogP) is 3.45. The number of aromatic nitrogens is 2. The third-order valence-corrected chi connectivity index (χ3v) is 3.56. The first-order valence-corrected chi connectivity index (χ1v) is 7.39. The highest BCUT2D eigenvalue weighted by molar-refractivity contribution is 7.98. The molecule has 0 aliphatic heterocycles. The average molecular weight is 295 g/mol. The molecule has 1 aromatic heterocycles. The Kier molecular flexibility index (Phi) is 4.33. The normalized spacial score (nSPS) is 11.1. The van der Waals surface area contributed by atoms with Crippen molar-refractivity contribution in [3.8, 4) is 5.75 Å². The van der Waals surface area contributed by atoms with E-state index in [9.17, 15) is 5.11 Å². The summed E-state index contributed by atoms with van der Waals surface area (Å²) in [6, 6.07) is 5.22. The first kappa shape index (κ1) is 13.8. The molecule has 0 saturated carbocycles. The topological polar surface area (TPSA) is 74.0 Å². The molecule has 8 heteroatoms. The van der Waals surface area contributed by atoms with E-state index in [-0.39, 0.29) is 5.75 Å². The van der Waals surface area contributed by atoms with Crippen LogP contribution in [0.25, 0.3) is 0 Å².